The van der Waals surface area contributed by atoms with Crippen LogP contribution in [-0.2, 0) is 15.8 Å². The highest BCUT2D eigenvalue weighted by molar-refractivity contribution is 7.91. The van der Waals surface area contributed by atoms with E-state index >= 15 is 0 Å². The van der Waals surface area contributed by atoms with Gasteiger partial charge in [-0.25, -0.2) is 8.42 Å². The molecule has 0 aliphatic heterocycles. The van der Waals surface area contributed by atoms with Crippen molar-refractivity contribution in [2.24, 2.45) is 0 Å². The maximum absolute atomic E-state index is 12.4. The SMILES string of the molecule is COc1cc(C)c(NS(=O)(=O)Cc2ccccc2C)cc1OC. The summed E-state index contributed by atoms with van der Waals surface area (Å²) in [5, 5.41) is 0. The fraction of sp³-hybridized carbons (Fsp3) is 0.294. The standard InChI is InChI=1S/C17H21NO4S/c1-12-7-5-6-8-14(12)11-23(19,20)18-15-10-17(22-4)16(21-3)9-13(15)2/h5-10,18H,11H2,1-4H3. The lowest BCUT2D eigenvalue weighted by Crippen LogP contribution is -2.16. The summed E-state index contributed by atoms with van der Waals surface area (Å²) < 4.78 is 37.9. The average Bonchev–Trinajstić information content (AvgIpc) is 2.50. The first-order valence-electron chi connectivity index (χ1n) is 7.14. The highest BCUT2D eigenvalue weighted by atomic mass is 32.2. The molecule has 0 radical (unpaired) electrons. The van der Waals surface area contributed by atoms with E-state index in [1.807, 2.05) is 38.1 Å². The second kappa shape index (κ2) is 6.91. The molecular weight excluding hydrogens is 314 g/mol. The topological polar surface area (TPSA) is 64.6 Å². The molecular formula is C17H21NO4S. The number of nitrogens with one attached hydrogen (secondary N) is 1. The molecule has 0 aliphatic rings. The molecule has 0 amide bonds. The van der Waals surface area contributed by atoms with E-state index in [2.05, 4.69) is 4.72 Å². The molecule has 0 aromatic heterocycles. The number of hydrogen-bond donors (Lipinski definition) is 1. The van der Waals surface area contributed by atoms with Crippen molar-refractivity contribution >= 4 is 15.7 Å². The zero-order chi connectivity index (χ0) is 17.0. The number of methoxy groups -OCH3 is 2. The molecule has 0 fully saturated rings. The number of ether oxygens (including phenoxy) is 2. The van der Waals surface area contributed by atoms with Gasteiger partial charge in [0.1, 0.15) is 0 Å². The van der Waals surface area contributed by atoms with Gasteiger partial charge in [0.2, 0.25) is 10.0 Å². The average molecular weight is 335 g/mol. The van der Waals surface area contributed by atoms with Gasteiger partial charge in [-0.15, -0.1) is 0 Å². The molecule has 0 saturated carbocycles. The van der Waals surface area contributed by atoms with Crippen molar-refractivity contribution in [2.45, 2.75) is 19.6 Å². The number of rotatable bonds is 6. The third-order valence-electron chi connectivity index (χ3n) is 3.60. The van der Waals surface area contributed by atoms with E-state index in [1.54, 1.807) is 19.2 Å². The highest BCUT2D eigenvalue weighted by Gasteiger charge is 2.16. The molecule has 1 N–H and O–H groups in total. The summed E-state index contributed by atoms with van der Waals surface area (Å²) >= 11 is 0. The fourth-order valence-corrected chi connectivity index (χ4v) is 3.63. The smallest absolute Gasteiger partial charge is 0.236 e. The quantitative estimate of drug-likeness (QED) is 0.880. The van der Waals surface area contributed by atoms with Crippen LogP contribution in [0.4, 0.5) is 5.69 Å². The summed E-state index contributed by atoms with van der Waals surface area (Å²) in [7, 11) is -0.470. The molecule has 2 rings (SSSR count). The van der Waals surface area contributed by atoms with Crippen molar-refractivity contribution in [3.05, 3.63) is 53.1 Å². The second-order valence-electron chi connectivity index (χ2n) is 5.31. The van der Waals surface area contributed by atoms with E-state index in [9.17, 15) is 8.42 Å². The van der Waals surface area contributed by atoms with Crippen LogP contribution in [0.3, 0.4) is 0 Å². The van der Waals surface area contributed by atoms with Crippen LogP contribution in [0.2, 0.25) is 0 Å². The van der Waals surface area contributed by atoms with Gasteiger partial charge in [-0.1, -0.05) is 24.3 Å². The normalized spacial score (nSPS) is 11.1. The predicted molar refractivity (Wildman–Crippen MR) is 91.7 cm³/mol. The Bertz CT molecular complexity index is 800. The molecule has 0 spiro atoms. The van der Waals surface area contributed by atoms with Gasteiger partial charge in [0, 0.05) is 6.07 Å². The van der Waals surface area contributed by atoms with Crippen LogP contribution in [0.5, 0.6) is 11.5 Å². The maximum Gasteiger partial charge on any atom is 0.236 e. The number of aryl methyl sites for hydroxylation is 2. The van der Waals surface area contributed by atoms with Gasteiger partial charge in [-0.3, -0.25) is 4.72 Å². The van der Waals surface area contributed by atoms with E-state index in [1.165, 1.54) is 7.11 Å². The maximum atomic E-state index is 12.4. The second-order valence-corrected chi connectivity index (χ2v) is 7.03. The lowest BCUT2D eigenvalue weighted by Gasteiger charge is -2.15. The Labute approximate surface area is 137 Å². The van der Waals surface area contributed by atoms with Gasteiger partial charge in [-0.05, 0) is 36.6 Å². The van der Waals surface area contributed by atoms with Crippen LogP contribution >= 0.6 is 0 Å². The summed E-state index contributed by atoms with van der Waals surface area (Å²) in [5.74, 6) is 0.964. The summed E-state index contributed by atoms with van der Waals surface area (Å²) in [6.07, 6.45) is 0. The molecule has 2 aromatic rings. The molecule has 0 heterocycles. The van der Waals surface area contributed by atoms with Gasteiger partial charge in [-0.2, -0.15) is 0 Å². The Morgan fingerprint density at radius 3 is 2.17 bits per heavy atom. The highest BCUT2D eigenvalue weighted by Crippen LogP contribution is 2.33. The van der Waals surface area contributed by atoms with E-state index in [-0.39, 0.29) is 5.75 Å². The van der Waals surface area contributed by atoms with Crippen LogP contribution < -0.4 is 14.2 Å². The van der Waals surface area contributed by atoms with Crippen LogP contribution in [0.25, 0.3) is 0 Å². The van der Waals surface area contributed by atoms with Gasteiger partial charge < -0.3 is 9.47 Å². The Morgan fingerprint density at radius 1 is 0.957 bits per heavy atom. The third kappa shape index (κ3) is 4.16. The van der Waals surface area contributed by atoms with Crippen molar-refractivity contribution in [1.29, 1.82) is 0 Å². The van der Waals surface area contributed by atoms with Crippen molar-refractivity contribution in [3.8, 4) is 11.5 Å². The molecule has 5 nitrogen and oxygen atoms in total. The lowest BCUT2D eigenvalue weighted by molar-refractivity contribution is 0.355. The van der Waals surface area contributed by atoms with Crippen molar-refractivity contribution in [2.75, 3.05) is 18.9 Å². The Hall–Kier alpha value is -2.21. The minimum Gasteiger partial charge on any atom is -0.493 e. The fourth-order valence-electron chi connectivity index (χ4n) is 2.27. The number of hydrogen-bond acceptors (Lipinski definition) is 4. The minimum atomic E-state index is -3.52. The summed E-state index contributed by atoms with van der Waals surface area (Å²) in [6.45, 7) is 3.71. The van der Waals surface area contributed by atoms with Crippen molar-refractivity contribution in [1.82, 2.24) is 0 Å². The van der Waals surface area contributed by atoms with E-state index < -0.39 is 10.0 Å². The number of sulfonamides is 1. The molecule has 0 atom stereocenters. The van der Waals surface area contributed by atoms with E-state index in [4.69, 9.17) is 9.47 Å². The van der Waals surface area contributed by atoms with Gasteiger partial charge in [0.05, 0.1) is 25.7 Å². The summed E-state index contributed by atoms with van der Waals surface area (Å²) in [6, 6.07) is 10.8. The van der Waals surface area contributed by atoms with Gasteiger partial charge in [0.15, 0.2) is 11.5 Å². The molecule has 0 aliphatic carbocycles. The molecule has 6 heteroatoms. The largest absolute Gasteiger partial charge is 0.493 e. The van der Waals surface area contributed by atoms with Crippen LogP contribution in [-0.4, -0.2) is 22.6 Å². The first-order valence-corrected chi connectivity index (χ1v) is 8.79. The molecule has 23 heavy (non-hydrogen) atoms. The Balaban J connectivity index is 2.29. The Kier molecular flexibility index (Phi) is 5.15. The molecule has 0 unspecified atom stereocenters. The van der Waals surface area contributed by atoms with Gasteiger partial charge >= 0.3 is 0 Å². The number of anilines is 1. The number of benzene rings is 2. The van der Waals surface area contributed by atoms with Crippen LogP contribution in [0, 0.1) is 13.8 Å². The van der Waals surface area contributed by atoms with Crippen LogP contribution in [0.1, 0.15) is 16.7 Å². The molecule has 2 aromatic carbocycles. The van der Waals surface area contributed by atoms with Gasteiger partial charge in [0.25, 0.3) is 0 Å². The third-order valence-corrected chi connectivity index (χ3v) is 4.82. The zero-order valence-electron chi connectivity index (χ0n) is 13.7. The van der Waals surface area contributed by atoms with E-state index in [0.717, 1.165) is 16.7 Å². The first kappa shape index (κ1) is 17.1. The minimum absolute atomic E-state index is 0.0759. The predicted octanol–water partition coefficient (Wildman–Crippen LogP) is 3.26. The molecule has 124 valence electrons. The first-order chi connectivity index (χ1) is 10.9. The lowest BCUT2D eigenvalue weighted by atomic mass is 10.1. The molecule has 0 bridgehead atoms. The zero-order valence-corrected chi connectivity index (χ0v) is 14.5. The van der Waals surface area contributed by atoms with E-state index in [0.29, 0.717) is 17.2 Å². The summed E-state index contributed by atoms with van der Waals surface area (Å²) in [4.78, 5) is 0. The van der Waals surface area contributed by atoms with Crippen molar-refractivity contribution < 1.29 is 17.9 Å². The summed E-state index contributed by atoms with van der Waals surface area (Å²) in [5.41, 5.74) is 2.97. The Morgan fingerprint density at radius 2 is 1.57 bits per heavy atom. The monoisotopic (exact) mass is 335 g/mol. The molecule has 0 saturated heterocycles. The van der Waals surface area contributed by atoms with Crippen molar-refractivity contribution in [3.63, 3.8) is 0 Å². The van der Waals surface area contributed by atoms with Crippen LogP contribution in [0.15, 0.2) is 36.4 Å².